The molecule has 0 saturated carbocycles. The molecule has 5 nitrogen and oxygen atoms in total. The molecule has 0 spiro atoms. The Morgan fingerprint density at radius 3 is 2.40 bits per heavy atom. The Kier molecular flexibility index (Phi) is 3.39. The van der Waals surface area contributed by atoms with E-state index in [1.54, 1.807) is 26.0 Å². The number of pyridine rings is 1. The van der Waals surface area contributed by atoms with Gasteiger partial charge < -0.3 is 15.3 Å². The van der Waals surface area contributed by atoms with Crippen LogP contribution >= 0.6 is 0 Å². The van der Waals surface area contributed by atoms with Crippen molar-refractivity contribution in [2.45, 2.75) is 26.1 Å². The Balaban J connectivity index is 3.01. The monoisotopic (exact) mass is 211 g/mol. The highest BCUT2D eigenvalue weighted by atomic mass is 16.4. The summed E-state index contributed by atoms with van der Waals surface area (Å²) in [6.45, 7) is 3.44. The summed E-state index contributed by atoms with van der Waals surface area (Å²) in [5.74, 6) is -1.46. The molecule has 0 amide bonds. The van der Waals surface area contributed by atoms with Crippen LogP contribution in [0.5, 0.6) is 0 Å². The van der Waals surface area contributed by atoms with E-state index in [0.29, 0.717) is 11.3 Å². The summed E-state index contributed by atoms with van der Waals surface area (Å²) in [6, 6.07) is 3.22. The lowest BCUT2D eigenvalue weighted by molar-refractivity contribution is -0.153. The molecule has 3 N–H and O–H groups in total. The van der Waals surface area contributed by atoms with Crippen molar-refractivity contribution in [1.29, 1.82) is 0 Å². The molecule has 1 aromatic rings. The van der Waals surface area contributed by atoms with Gasteiger partial charge in [-0.2, -0.15) is 0 Å². The lowest BCUT2D eigenvalue weighted by atomic mass is 10.0. The number of carboxylic acid groups (broad SMARTS) is 1. The van der Waals surface area contributed by atoms with E-state index in [1.807, 2.05) is 0 Å². The molecule has 5 heteroatoms. The van der Waals surface area contributed by atoms with Gasteiger partial charge >= 0.3 is 5.97 Å². The van der Waals surface area contributed by atoms with Crippen molar-refractivity contribution < 1.29 is 20.1 Å². The first kappa shape index (κ1) is 11.6. The molecular weight excluding hydrogens is 198 g/mol. The number of hydrogen-bond acceptors (Lipinski definition) is 4. The number of aliphatic hydroxyl groups excluding tert-OH is 2. The molecule has 1 rings (SSSR count). The average Bonchev–Trinajstić information content (AvgIpc) is 2.15. The molecule has 0 aromatic carbocycles. The molecule has 0 aliphatic rings. The zero-order valence-electron chi connectivity index (χ0n) is 8.51. The topological polar surface area (TPSA) is 90.7 Å². The van der Waals surface area contributed by atoms with Gasteiger partial charge in [-0.05, 0) is 19.9 Å². The third kappa shape index (κ3) is 2.51. The summed E-state index contributed by atoms with van der Waals surface area (Å²) in [7, 11) is 0. The maximum atomic E-state index is 10.5. The highest BCUT2D eigenvalue weighted by Gasteiger charge is 2.26. The van der Waals surface area contributed by atoms with Crippen molar-refractivity contribution in [2.24, 2.45) is 0 Å². The maximum Gasteiger partial charge on any atom is 0.335 e. The molecule has 0 bridgehead atoms. The normalized spacial score (nSPS) is 14.7. The van der Waals surface area contributed by atoms with Crippen molar-refractivity contribution in [3.05, 3.63) is 29.1 Å². The molecule has 2 unspecified atom stereocenters. The predicted octanol–water partition coefficient (Wildman–Crippen LogP) is 0.177. The second-order valence-electron chi connectivity index (χ2n) is 3.36. The fourth-order valence-electron chi connectivity index (χ4n) is 1.32. The summed E-state index contributed by atoms with van der Waals surface area (Å²) in [6.07, 6.45) is -3.27. The first-order valence-electron chi connectivity index (χ1n) is 4.46. The summed E-state index contributed by atoms with van der Waals surface area (Å²) in [5, 5.41) is 27.3. The van der Waals surface area contributed by atoms with Crippen LogP contribution in [0, 0.1) is 13.8 Å². The van der Waals surface area contributed by atoms with E-state index in [2.05, 4.69) is 4.98 Å². The first-order valence-corrected chi connectivity index (χ1v) is 4.46. The quantitative estimate of drug-likeness (QED) is 0.663. The van der Waals surface area contributed by atoms with Gasteiger partial charge in [-0.1, -0.05) is 6.07 Å². The maximum absolute atomic E-state index is 10.5. The largest absolute Gasteiger partial charge is 0.479 e. The second-order valence-corrected chi connectivity index (χ2v) is 3.36. The van der Waals surface area contributed by atoms with E-state index in [0.717, 1.165) is 5.69 Å². The van der Waals surface area contributed by atoms with Gasteiger partial charge in [0.1, 0.15) is 6.10 Å². The summed E-state index contributed by atoms with van der Waals surface area (Å²) < 4.78 is 0. The zero-order chi connectivity index (χ0) is 11.6. The van der Waals surface area contributed by atoms with E-state index in [1.165, 1.54) is 0 Å². The highest BCUT2D eigenvalue weighted by Crippen LogP contribution is 2.19. The molecule has 1 heterocycles. The van der Waals surface area contributed by atoms with Gasteiger partial charge in [-0.25, -0.2) is 4.79 Å². The molecule has 0 aliphatic heterocycles. The van der Waals surface area contributed by atoms with E-state index in [9.17, 15) is 9.90 Å². The zero-order valence-corrected chi connectivity index (χ0v) is 8.51. The van der Waals surface area contributed by atoms with Crippen molar-refractivity contribution >= 4 is 5.97 Å². The van der Waals surface area contributed by atoms with Crippen molar-refractivity contribution in [1.82, 2.24) is 4.98 Å². The molecule has 2 atom stereocenters. The molecule has 0 fully saturated rings. The smallest absolute Gasteiger partial charge is 0.335 e. The van der Waals surface area contributed by atoms with Crippen LogP contribution in [0.25, 0.3) is 0 Å². The lowest BCUT2D eigenvalue weighted by Crippen LogP contribution is -2.28. The predicted molar refractivity (Wildman–Crippen MR) is 52.3 cm³/mol. The van der Waals surface area contributed by atoms with Crippen LogP contribution < -0.4 is 0 Å². The Morgan fingerprint density at radius 2 is 1.93 bits per heavy atom. The van der Waals surface area contributed by atoms with Gasteiger partial charge in [0, 0.05) is 17.0 Å². The summed E-state index contributed by atoms with van der Waals surface area (Å²) in [5.41, 5.74) is 1.62. The minimum absolute atomic E-state index is 0.329. The third-order valence-electron chi connectivity index (χ3n) is 2.14. The first-order chi connectivity index (χ1) is 6.93. The molecule has 82 valence electrons. The number of aliphatic hydroxyl groups is 2. The van der Waals surface area contributed by atoms with Crippen LogP contribution in [0.15, 0.2) is 12.1 Å². The van der Waals surface area contributed by atoms with Gasteiger partial charge in [-0.15, -0.1) is 0 Å². The lowest BCUT2D eigenvalue weighted by Gasteiger charge is -2.16. The molecule has 15 heavy (non-hydrogen) atoms. The average molecular weight is 211 g/mol. The van der Waals surface area contributed by atoms with Crippen LogP contribution in [0.2, 0.25) is 0 Å². The highest BCUT2D eigenvalue weighted by molar-refractivity contribution is 5.73. The third-order valence-corrected chi connectivity index (χ3v) is 2.14. The standard InChI is InChI=1S/C10H13NO4/c1-5-3-4-7(6(2)11-5)8(12)9(13)10(14)15/h3-4,8-9,12-13H,1-2H3,(H,14,15). The fraction of sp³-hybridized carbons (Fsp3) is 0.400. The molecule has 1 aromatic heterocycles. The summed E-state index contributed by atoms with van der Waals surface area (Å²) in [4.78, 5) is 14.5. The molecular formula is C10H13NO4. The Bertz CT molecular complexity index is 378. The van der Waals surface area contributed by atoms with E-state index < -0.39 is 18.2 Å². The van der Waals surface area contributed by atoms with Gasteiger partial charge in [0.05, 0.1) is 0 Å². The van der Waals surface area contributed by atoms with Crippen molar-refractivity contribution in [3.63, 3.8) is 0 Å². The Morgan fingerprint density at radius 1 is 1.33 bits per heavy atom. The number of aromatic nitrogens is 1. The van der Waals surface area contributed by atoms with Gasteiger partial charge in [0.15, 0.2) is 6.10 Å². The minimum atomic E-state index is -1.83. The van der Waals surface area contributed by atoms with E-state index >= 15 is 0 Å². The number of carbonyl (C=O) groups is 1. The van der Waals surface area contributed by atoms with Crippen molar-refractivity contribution in [3.8, 4) is 0 Å². The fourth-order valence-corrected chi connectivity index (χ4v) is 1.32. The molecule has 0 saturated heterocycles. The van der Waals surface area contributed by atoms with Crippen LogP contribution in [0.3, 0.4) is 0 Å². The van der Waals surface area contributed by atoms with E-state index in [4.69, 9.17) is 10.2 Å². The van der Waals surface area contributed by atoms with E-state index in [-0.39, 0.29) is 0 Å². The SMILES string of the molecule is Cc1ccc(C(O)C(O)C(=O)O)c(C)n1. The molecule has 0 aliphatic carbocycles. The Labute approximate surface area is 87.0 Å². The van der Waals surface area contributed by atoms with Crippen LogP contribution in [0.4, 0.5) is 0 Å². The molecule has 0 radical (unpaired) electrons. The summed E-state index contributed by atoms with van der Waals surface area (Å²) >= 11 is 0. The van der Waals surface area contributed by atoms with Crippen LogP contribution in [-0.4, -0.2) is 32.4 Å². The van der Waals surface area contributed by atoms with Gasteiger partial charge in [0.25, 0.3) is 0 Å². The number of rotatable bonds is 3. The second kappa shape index (κ2) is 4.37. The minimum Gasteiger partial charge on any atom is -0.479 e. The number of aryl methyl sites for hydroxylation is 2. The van der Waals surface area contributed by atoms with Crippen LogP contribution in [-0.2, 0) is 4.79 Å². The number of hydrogen-bond donors (Lipinski definition) is 3. The number of aliphatic carboxylic acids is 1. The number of nitrogens with zero attached hydrogens (tertiary/aromatic N) is 1. The Hall–Kier alpha value is -1.46. The number of carboxylic acids is 1. The van der Waals surface area contributed by atoms with Gasteiger partial charge in [-0.3, -0.25) is 4.98 Å². The van der Waals surface area contributed by atoms with Crippen LogP contribution in [0.1, 0.15) is 23.1 Å². The van der Waals surface area contributed by atoms with Gasteiger partial charge in [0.2, 0.25) is 0 Å². The van der Waals surface area contributed by atoms with Crippen molar-refractivity contribution in [2.75, 3.05) is 0 Å².